The first-order valence-corrected chi connectivity index (χ1v) is 17.2. The van der Waals surface area contributed by atoms with Gasteiger partial charge in [-0.05, 0) is 77.0 Å². The predicted molar refractivity (Wildman–Crippen MR) is 179 cm³/mol. The van der Waals surface area contributed by atoms with Gasteiger partial charge in [-0.15, -0.1) is 0 Å². The van der Waals surface area contributed by atoms with Gasteiger partial charge in [-0.2, -0.15) is 0 Å². The molecule has 6 nitrogen and oxygen atoms in total. The molecule has 0 heterocycles. The fourth-order valence-corrected chi connectivity index (χ4v) is 4.68. The van der Waals surface area contributed by atoms with E-state index in [0.29, 0.717) is 0 Å². The van der Waals surface area contributed by atoms with Gasteiger partial charge in [0.25, 0.3) is 0 Å². The van der Waals surface area contributed by atoms with E-state index >= 15 is 0 Å². The molecule has 0 fully saturated rings. The second-order valence-corrected chi connectivity index (χ2v) is 11.4. The standard InChI is InChI=1S/2C18H34O2.2H3N.Zn/c2*1-2-3-4-5-6-7-8-9-10-11-12-13-14-15-16-17-18(19)20;;;/h2*9-10H,2-8,11-17H2,1H3,(H,19,20);2*1H3;/q;;;;+2/p-2/b2*10-9+;;;. The average molecular weight is 662 g/mol. The number of unbranched alkanes of at least 4 members (excludes halogenated alkanes) is 22. The van der Waals surface area contributed by atoms with Crippen molar-refractivity contribution in [2.45, 2.75) is 194 Å². The van der Waals surface area contributed by atoms with Crippen LogP contribution in [0.1, 0.15) is 194 Å². The Bertz CT molecular complexity index is 536. The summed E-state index contributed by atoms with van der Waals surface area (Å²) in [5.41, 5.74) is 0. The van der Waals surface area contributed by atoms with Crippen LogP contribution < -0.4 is 22.5 Å². The van der Waals surface area contributed by atoms with Crippen LogP contribution in [0.4, 0.5) is 0 Å². The molecule has 0 unspecified atom stereocenters. The van der Waals surface area contributed by atoms with Crippen LogP contribution in [0.15, 0.2) is 24.3 Å². The molecule has 0 saturated heterocycles. The number of aliphatic carboxylic acids is 2. The Morgan fingerprint density at radius 2 is 0.605 bits per heavy atom. The van der Waals surface area contributed by atoms with E-state index in [4.69, 9.17) is 0 Å². The van der Waals surface area contributed by atoms with Gasteiger partial charge in [-0.3, -0.25) is 0 Å². The van der Waals surface area contributed by atoms with Gasteiger partial charge in [0.05, 0.1) is 0 Å². The van der Waals surface area contributed by atoms with Crippen LogP contribution in [-0.2, 0) is 29.1 Å². The summed E-state index contributed by atoms with van der Waals surface area (Å²) in [6.45, 7) is 4.51. The molecule has 0 rings (SSSR count). The fraction of sp³-hybridized carbons (Fsp3) is 0.833. The maximum atomic E-state index is 10.2. The molecular formula is C36H72N2O4Zn. The number of carboxylic acid groups (broad SMARTS) is 2. The summed E-state index contributed by atoms with van der Waals surface area (Å²) in [5.74, 6) is -1.83. The number of hydrogen-bond donors (Lipinski definition) is 2. The minimum absolute atomic E-state index is 0. The van der Waals surface area contributed by atoms with Crippen LogP contribution >= 0.6 is 0 Å². The van der Waals surface area contributed by atoms with Crippen LogP contribution in [0.2, 0.25) is 0 Å². The Hall–Kier alpha value is -1.04. The maximum Gasteiger partial charge on any atom is 2.00 e. The van der Waals surface area contributed by atoms with Gasteiger partial charge in [0, 0.05) is 11.9 Å². The zero-order valence-electron chi connectivity index (χ0n) is 28.9. The number of allylic oxidation sites excluding steroid dienone is 4. The normalized spacial score (nSPS) is 10.5. The van der Waals surface area contributed by atoms with Gasteiger partial charge in [-0.25, -0.2) is 0 Å². The van der Waals surface area contributed by atoms with Gasteiger partial charge >= 0.3 is 19.5 Å². The van der Waals surface area contributed by atoms with E-state index in [-0.39, 0.29) is 44.6 Å². The predicted octanol–water partition coefficient (Wildman–Crippen LogP) is 9.87. The zero-order chi connectivity index (χ0) is 29.8. The Kier molecular flexibility index (Phi) is 57.4. The molecule has 0 aliphatic carbocycles. The summed E-state index contributed by atoms with van der Waals surface area (Å²) >= 11 is 0. The van der Waals surface area contributed by atoms with Crippen molar-refractivity contribution in [2.75, 3.05) is 0 Å². The second-order valence-electron chi connectivity index (χ2n) is 11.4. The van der Waals surface area contributed by atoms with Crippen LogP contribution in [0.5, 0.6) is 0 Å². The topological polar surface area (TPSA) is 150 Å². The van der Waals surface area contributed by atoms with Crippen molar-refractivity contribution >= 4 is 11.9 Å². The maximum absolute atomic E-state index is 10.2. The van der Waals surface area contributed by atoms with E-state index in [1.54, 1.807) is 0 Å². The van der Waals surface area contributed by atoms with Crippen molar-refractivity contribution in [1.29, 1.82) is 0 Å². The Morgan fingerprint density at radius 3 is 0.837 bits per heavy atom. The Labute approximate surface area is 280 Å². The van der Waals surface area contributed by atoms with E-state index in [1.807, 2.05) is 0 Å². The Balaban J connectivity index is -0.000000209. The van der Waals surface area contributed by atoms with Gasteiger partial charge in [0.15, 0.2) is 0 Å². The van der Waals surface area contributed by atoms with Gasteiger partial charge < -0.3 is 32.1 Å². The molecule has 0 aromatic carbocycles. The molecule has 0 spiro atoms. The Morgan fingerprint density at radius 1 is 0.395 bits per heavy atom. The molecule has 0 atom stereocenters. The third kappa shape index (κ3) is 57.2. The van der Waals surface area contributed by atoms with E-state index < -0.39 is 11.9 Å². The number of carbonyl (C=O) groups excluding carboxylic acids is 2. The third-order valence-electron chi connectivity index (χ3n) is 7.29. The van der Waals surface area contributed by atoms with Crippen molar-refractivity contribution in [3.63, 3.8) is 0 Å². The summed E-state index contributed by atoms with van der Waals surface area (Å²) in [7, 11) is 0. The van der Waals surface area contributed by atoms with Crippen molar-refractivity contribution in [2.24, 2.45) is 0 Å². The molecule has 0 aromatic heterocycles. The molecule has 0 radical (unpaired) electrons. The molecule has 0 amide bonds. The third-order valence-corrected chi connectivity index (χ3v) is 7.29. The minimum atomic E-state index is -0.914. The van der Waals surface area contributed by atoms with Gasteiger partial charge in [0.2, 0.25) is 0 Å². The first-order chi connectivity index (χ1) is 19.5. The molecule has 0 aromatic rings. The zero-order valence-corrected chi connectivity index (χ0v) is 31.8. The van der Waals surface area contributed by atoms with Crippen molar-refractivity contribution in [1.82, 2.24) is 12.3 Å². The molecule has 7 heteroatoms. The smallest absolute Gasteiger partial charge is 0.550 e. The van der Waals surface area contributed by atoms with Crippen LogP contribution in [0.3, 0.4) is 0 Å². The molecule has 252 valence electrons. The van der Waals surface area contributed by atoms with Crippen LogP contribution in [-0.4, -0.2) is 11.9 Å². The van der Waals surface area contributed by atoms with Crippen molar-refractivity contribution in [3.05, 3.63) is 24.3 Å². The quantitative estimate of drug-likeness (QED) is 0.0444. The number of carbonyl (C=O) groups is 2. The molecule has 0 saturated carbocycles. The largest absolute Gasteiger partial charge is 2.00 e. The van der Waals surface area contributed by atoms with E-state index in [1.165, 1.54) is 128 Å². The molecule has 0 aliphatic rings. The average Bonchev–Trinajstić information content (AvgIpc) is 2.93. The summed E-state index contributed by atoms with van der Waals surface area (Å²) in [4.78, 5) is 20.4. The minimum Gasteiger partial charge on any atom is -0.550 e. The van der Waals surface area contributed by atoms with Crippen LogP contribution in [0, 0.1) is 0 Å². The fourth-order valence-electron chi connectivity index (χ4n) is 4.68. The summed E-state index contributed by atoms with van der Waals surface area (Å²) in [6, 6.07) is 0. The van der Waals surface area contributed by atoms with E-state index in [9.17, 15) is 19.8 Å². The summed E-state index contributed by atoms with van der Waals surface area (Å²) in [6.07, 6.45) is 41.8. The first-order valence-electron chi connectivity index (χ1n) is 17.2. The SMILES string of the molecule is CCCCCCCC/C=C/CCCCCCCC(=O)[O-].CCCCCCCC/C=C/CCCCCCCC(=O)[O-].N.N.[Zn+2]. The van der Waals surface area contributed by atoms with Crippen molar-refractivity contribution in [3.8, 4) is 0 Å². The first kappa shape index (κ1) is 51.5. The van der Waals surface area contributed by atoms with E-state index in [0.717, 1.165) is 38.5 Å². The molecular weight excluding hydrogens is 590 g/mol. The summed E-state index contributed by atoms with van der Waals surface area (Å²) < 4.78 is 0. The number of carboxylic acids is 2. The number of hydrogen-bond acceptors (Lipinski definition) is 6. The summed E-state index contributed by atoms with van der Waals surface area (Å²) in [5, 5.41) is 20.4. The molecule has 0 bridgehead atoms. The van der Waals surface area contributed by atoms with Gasteiger partial charge in [0.1, 0.15) is 0 Å². The van der Waals surface area contributed by atoms with Crippen molar-refractivity contribution < 1.29 is 39.3 Å². The molecule has 43 heavy (non-hydrogen) atoms. The van der Waals surface area contributed by atoms with Crippen LogP contribution in [0.25, 0.3) is 0 Å². The second kappa shape index (κ2) is 47.9. The van der Waals surface area contributed by atoms with Gasteiger partial charge in [-0.1, -0.05) is 141 Å². The molecule has 6 N–H and O–H groups in total. The number of rotatable bonds is 30. The van der Waals surface area contributed by atoms with E-state index in [2.05, 4.69) is 38.2 Å². The monoisotopic (exact) mass is 660 g/mol. The molecule has 0 aliphatic heterocycles.